The van der Waals surface area contributed by atoms with Crippen LogP contribution in [0.4, 0.5) is 0 Å². The summed E-state index contributed by atoms with van der Waals surface area (Å²) in [5.41, 5.74) is 2.74. The van der Waals surface area contributed by atoms with Crippen LogP contribution in [0.5, 0.6) is 0 Å². The van der Waals surface area contributed by atoms with Crippen LogP contribution in [0.1, 0.15) is 0 Å². The number of pyridine rings is 2. The average molecular weight is 398 g/mol. The first kappa shape index (κ1) is 14.1. The van der Waals surface area contributed by atoms with Crippen molar-refractivity contribution in [2.75, 3.05) is 0 Å². The number of benzene rings is 1. The van der Waals surface area contributed by atoms with Crippen LogP contribution in [0.2, 0.25) is 0 Å². The largest absolute Gasteiger partial charge is 0.445 e. The van der Waals surface area contributed by atoms with Crippen molar-refractivity contribution in [2.24, 2.45) is 0 Å². The van der Waals surface area contributed by atoms with Crippen molar-refractivity contribution < 1.29 is 8.83 Å². The Hall–Kier alpha value is -3.98. The lowest BCUT2D eigenvalue weighted by atomic mass is 10.0. The van der Waals surface area contributed by atoms with Gasteiger partial charge in [-0.2, -0.15) is 9.97 Å². The Balaban J connectivity index is 1.77. The third-order valence-corrected chi connectivity index (χ3v) is 6.88. The first-order chi connectivity index (χ1) is 14.2. The van der Waals surface area contributed by atoms with Crippen molar-refractivity contribution in [3.05, 3.63) is 57.5 Å². The molecule has 0 radical (unpaired) electrons. The van der Waals surface area contributed by atoms with Gasteiger partial charge in [-0.05, 0) is 12.1 Å². The van der Waals surface area contributed by atoms with Gasteiger partial charge in [-0.15, -0.1) is 11.3 Å². The molecule has 0 saturated carbocycles. The number of hydrogen-bond acceptors (Lipinski definition) is 7. The van der Waals surface area contributed by atoms with E-state index in [0.29, 0.717) is 43.2 Å². The van der Waals surface area contributed by atoms with Gasteiger partial charge in [0, 0.05) is 33.7 Å². The minimum absolute atomic E-state index is 0.199. The van der Waals surface area contributed by atoms with E-state index in [1.807, 2.05) is 12.1 Å². The van der Waals surface area contributed by atoms with Crippen molar-refractivity contribution in [2.45, 2.75) is 0 Å². The molecule has 0 N–H and O–H groups in total. The maximum atomic E-state index is 13.4. The Labute approximate surface area is 161 Å². The predicted octanol–water partition coefficient (Wildman–Crippen LogP) is 3.59. The monoisotopic (exact) mass is 398 g/mol. The fourth-order valence-corrected chi connectivity index (χ4v) is 5.73. The maximum Gasteiger partial charge on any atom is 0.274 e. The summed E-state index contributed by atoms with van der Waals surface area (Å²) in [5, 5.41) is 3.13. The normalized spacial score (nSPS) is 13.1. The van der Waals surface area contributed by atoms with Gasteiger partial charge in [-0.25, -0.2) is 0 Å². The van der Waals surface area contributed by atoms with E-state index in [-0.39, 0.29) is 11.1 Å². The number of fused-ring (bicyclic) bond motifs is 8. The van der Waals surface area contributed by atoms with Gasteiger partial charge in [0.1, 0.15) is 20.4 Å². The van der Waals surface area contributed by atoms with E-state index in [0.717, 1.165) is 21.5 Å². The van der Waals surface area contributed by atoms with Gasteiger partial charge in [-0.1, -0.05) is 0 Å². The standard InChI is InChI=1S/C20H6N4O4S/c25-19-13-11-7(15-21-17-9(23(15)19)3-5-27-17)1-2-8-12(11)14(29-13)20(26)24-10-4-6-28-18(10)22-16(8)24/h1-6H. The minimum Gasteiger partial charge on any atom is -0.445 e. The first-order valence-corrected chi connectivity index (χ1v) is 9.65. The molecular weight excluding hydrogens is 392 g/mol. The molecule has 0 aliphatic carbocycles. The Kier molecular flexibility index (Phi) is 2.04. The molecule has 9 heteroatoms. The van der Waals surface area contributed by atoms with Crippen molar-refractivity contribution >= 4 is 76.0 Å². The number of thiophene rings is 1. The molecule has 8 aromatic rings. The van der Waals surface area contributed by atoms with Crippen LogP contribution in [0.3, 0.4) is 0 Å². The number of furan rings is 2. The van der Waals surface area contributed by atoms with Crippen LogP contribution in [-0.2, 0) is 0 Å². The second-order valence-corrected chi connectivity index (χ2v) is 8.07. The molecule has 1 aromatic carbocycles. The second kappa shape index (κ2) is 4.20. The van der Waals surface area contributed by atoms with E-state index in [1.165, 1.54) is 23.9 Å². The lowest BCUT2D eigenvalue weighted by Crippen LogP contribution is -2.12. The number of aromatic nitrogens is 4. The lowest BCUT2D eigenvalue weighted by Gasteiger charge is -2.04. The van der Waals surface area contributed by atoms with E-state index < -0.39 is 0 Å². The zero-order valence-corrected chi connectivity index (χ0v) is 15.1. The van der Waals surface area contributed by atoms with Crippen molar-refractivity contribution in [3.8, 4) is 0 Å². The lowest BCUT2D eigenvalue weighted by molar-refractivity contribution is 0.605. The number of hydrogen-bond donors (Lipinski definition) is 0. The summed E-state index contributed by atoms with van der Waals surface area (Å²) in [6, 6.07) is 7.31. The predicted molar refractivity (Wildman–Crippen MR) is 109 cm³/mol. The van der Waals surface area contributed by atoms with Crippen molar-refractivity contribution in [1.82, 2.24) is 18.8 Å². The fourth-order valence-electron chi connectivity index (χ4n) is 4.55. The first-order valence-electron chi connectivity index (χ1n) is 8.84. The SMILES string of the molecule is O=c1c2sc3c(=O)n4c5ccoc5nc4c4ccc(c2c34)c2nc3occc3n12. The molecule has 7 heterocycles. The highest BCUT2D eigenvalue weighted by atomic mass is 32.1. The van der Waals surface area contributed by atoms with Crippen molar-refractivity contribution in [1.29, 1.82) is 0 Å². The van der Waals surface area contributed by atoms with Crippen LogP contribution >= 0.6 is 11.3 Å². The van der Waals surface area contributed by atoms with Gasteiger partial charge >= 0.3 is 0 Å². The summed E-state index contributed by atoms with van der Waals surface area (Å²) < 4.78 is 15.0. The van der Waals surface area contributed by atoms with E-state index in [1.54, 1.807) is 20.9 Å². The van der Waals surface area contributed by atoms with Crippen LogP contribution in [0.25, 0.3) is 64.7 Å². The topological polar surface area (TPSA) is 95.0 Å². The van der Waals surface area contributed by atoms with Crippen LogP contribution in [-0.4, -0.2) is 18.8 Å². The molecule has 136 valence electrons. The highest BCUT2D eigenvalue weighted by Crippen LogP contribution is 2.41. The van der Waals surface area contributed by atoms with Crippen LogP contribution in [0, 0.1) is 0 Å². The molecule has 0 amide bonds. The zero-order chi connectivity index (χ0) is 19.0. The Morgan fingerprint density at radius 3 is 1.69 bits per heavy atom. The highest BCUT2D eigenvalue weighted by molar-refractivity contribution is 7.26. The van der Waals surface area contributed by atoms with Gasteiger partial charge in [0.15, 0.2) is 11.3 Å². The Morgan fingerprint density at radius 2 is 1.21 bits per heavy atom. The van der Waals surface area contributed by atoms with Crippen molar-refractivity contribution in [3.63, 3.8) is 0 Å². The molecular formula is C20H6N4O4S. The molecule has 0 aliphatic heterocycles. The third-order valence-electron chi connectivity index (χ3n) is 5.71. The molecule has 8 nitrogen and oxygen atoms in total. The van der Waals surface area contributed by atoms with E-state index >= 15 is 0 Å². The molecule has 0 fully saturated rings. The van der Waals surface area contributed by atoms with E-state index in [4.69, 9.17) is 8.83 Å². The van der Waals surface area contributed by atoms with Gasteiger partial charge in [0.05, 0.1) is 12.5 Å². The van der Waals surface area contributed by atoms with Gasteiger partial charge in [0.2, 0.25) is 11.4 Å². The molecule has 0 atom stereocenters. The quantitative estimate of drug-likeness (QED) is 0.362. The van der Waals surface area contributed by atoms with Crippen LogP contribution < -0.4 is 11.1 Å². The molecule has 8 rings (SSSR count). The van der Waals surface area contributed by atoms with Gasteiger partial charge in [-0.3, -0.25) is 18.4 Å². The van der Waals surface area contributed by atoms with Crippen LogP contribution in [0.15, 0.2) is 55.2 Å². The maximum absolute atomic E-state index is 13.4. The number of rotatable bonds is 0. The molecule has 0 saturated heterocycles. The third kappa shape index (κ3) is 1.35. The summed E-state index contributed by atoms with van der Waals surface area (Å²) in [6.45, 7) is 0. The zero-order valence-electron chi connectivity index (χ0n) is 14.3. The molecule has 0 spiro atoms. The summed E-state index contributed by atoms with van der Waals surface area (Å²) in [4.78, 5) is 35.8. The molecule has 0 unspecified atom stereocenters. The highest BCUT2D eigenvalue weighted by Gasteiger charge is 2.25. The smallest absolute Gasteiger partial charge is 0.274 e. The molecule has 29 heavy (non-hydrogen) atoms. The number of nitrogens with zero attached hydrogens (tertiary/aromatic N) is 4. The summed E-state index contributed by atoms with van der Waals surface area (Å²) in [6.07, 6.45) is 3.03. The Morgan fingerprint density at radius 1 is 0.724 bits per heavy atom. The van der Waals surface area contributed by atoms with E-state index in [9.17, 15) is 9.59 Å². The second-order valence-electron chi connectivity index (χ2n) is 7.04. The molecule has 0 bridgehead atoms. The summed E-state index contributed by atoms with van der Waals surface area (Å²) in [7, 11) is 0. The van der Waals surface area contributed by atoms with E-state index in [2.05, 4.69) is 9.97 Å². The molecule has 0 aliphatic rings. The molecule has 7 aromatic heterocycles. The average Bonchev–Trinajstić information content (AvgIpc) is 3.49. The van der Waals surface area contributed by atoms with Gasteiger partial charge < -0.3 is 8.83 Å². The Bertz CT molecular complexity index is 1920. The fraction of sp³-hybridized carbons (Fsp3) is 0. The number of imidazole rings is 2. The van der Waals surface area contributed by atoms with Gasteiger partial charge in [0.25, 0.3) is 11.1 Å². The summed E-state index contributed by atoms with van der Waals surface area (Å²) in [5.74, 6) is 0. The summed E-state index contributed by atoms with van der Waals surface area (Å²) >= 11 is 1.22. The minimum atomic E-state index is -0.199.